The molecule has 2 N–H and O–H groups in total. The third-order valence-electron chi connectivity index (χ3n) is 6.20. The molecule has 0 amide bonds. The van der Waals surface area contributed by atoms with Gasteiger partial charge in [-0.1, -0.05) is 6.92 Å². The van der Waals surface area contributed by atoms with Gasteiger partial charge in [0.25, 0.3) is 0 Å². The largest absolute Gasteiger partial charge is 0.342 e. The van der Waals surface area contributed by atoms with E-state index in [-0.39, 0.29) is 0 Å². The molecule has 172 valence electrons. The van der Waals surface area contributed by atoms with E-state index in [1.165, 1.54) is 0 Å². The normalized spacial score (nSPS) is 12.4. The van der Waals surface area contributed by atoms with Crippen LogP contribution in [0, 0.1) is 0 Å². The highest BCUT2D eigenvalue weighted by Crippen LogP contribution is 2.26. The average Bonchev–Trinajstić information content (AvgIpc) is 3.52. The number of hydrogen-bond donors (Lipinski definition) is 2. The van der Waals surface area contributed by atoms with Crippen LogP contribution in [0.3, 0.4) is 0 Å². The number of aromatic amines is 2. The van der Waals surface area contributed by atoms with E-state index in [0.29, 0.717) is 17.6 Å². The van der Waals surface area contributed by atoms with Crippen molar-refractivity contribution in [2.75, 3.05) is 0 Å². The molecule has 2 aromatic carbocycles. The van der Waals surface area contributed by atoms with Crippen LogP contribution in [0.5, 0.6) is 0 Å². The lowest BCUT2D eigenvalue weighted by Crippen LogP contribution is -1.98. The predicted octanol–water partition coefficient (Wildman–Crippen LogP) is 5.48. The Labute approximate surface area is 202 Å². The van der Waals surface area contributed by atoms with Crippen molar-refractivity contribution in [3.63, 3.8) is 0 Å². The lowest BCUT2D eigenvalue weighted by atomic mass is 10.0. The first-order chi connectivity index (χ1) is 17.2. The third kappa shape index (κ3) is 4.38. The zero-order chi connectivity index (χ0) is 23.6. The fourth-order valence-electron chi connectivity index (χ4n) is 4.33. The van der Waals surface area contributed by atoms with Gasteiger partial charge in [-0.15, -0.1) is 0 Å². The fraction of sp³-hybridized carbons (Fsp3) is 0.185. The number of imidazole rings is 2. The zero-order valence-corrected chi connectivity index (χ0v) is 19.3. The molecule has 1 unspecified atom stereocenters. The highest BCUT2D eigenvalue weighted by Gasteiger charge is 2.13. The van der Waals surface area contributed by atoms with Crippen molar-refractivity contribution in [3.8, 4) is 22.8 Å². The molecule has 0 aliphatic carbocycles. The van der Waals surface area contributed by atoms with Crippen LogP contribution in [0.25, 0.3) is 44.8 Å². The van der Waals surface area contributed by atoms with E-state index in [1.807, 2.05) is 36.4 Å². The molecule has 0 radical (unpaired) electrons. The Bertz CT molecular complexity index is 1590. The number of hydrogen-bond acceptors (Lipinski definition) is 6. The Kier molecular flexibility index (Phi) is 5.46. The van der Waals surface area contributed by atoms with Gasteiger partial charge in [-0.3, -0.25) is 0 Å². The quantitative estimate of drug-likeness (QED) is 0.326. The summed E-state index contributed by atoms with van der Waals surface area (Å²) in [6.07, 6.45) is 9.92. The third-order valence-corrected chi connectivity index (χ3v) is 6.20. The van der Waals surface area contributed by atoms with Gasteiger partial charge in [0, 0.05) is 48.3 Å². The van der Waals surface area contributed by atoms with Crippen molar-refractivity contribution in [2.45, 2.75) is 32.1 Å². The number of nitrogens with zero attached hydrogens (tertiary/aromatic N) is 6. The highest BCUT2D eigenvalue weighted by molar-refractivity contribution is 5.81. The molecule has 0 fully saturated rings. The topological polar surface area (TPSA) is 109 Å². The van der Waals surface area contributed by atoms with Crippen LogP contribution < -0.4 is 0 Å². The van der Waals surface area contributed by atoms with Gasteiger partial charge in [-0.2, -0.15) is 0 Å². The van der Waals surface area contributed by atoms with Crippen molar-refractivity contribution in [3.05, 3.63) is 85.0 Å². The van der Waals surface area contributed by atoms with Gasteiger partial charge >= 0.3 is 0 Å². The maximum absolute atomic E-state index is 4.81. The summed E-state index contributed by atoms with van der Waals surface area (Å²) < 4.78 is 0. The van der Waals surface area contributed by atoms with E-state index in [2.05, 4.69) is 49.0 Å². The van der Waals surface area contributed by atoms with Gasteiger partial charge in [0.2, 0.25) is 0 Å². The summed E-state index contributed by atoms with van der Waals surface area (Å²) in [6.45, 7) is 2.21. The second kappa shape index (κ2) is 9.06. The van der Waals surface area contributed by atoms with Crippen LogP contribution in [0.1, 0.15) is 37.3 Å². The highest BCUT2D eigenvalue weighted by atomic mass is 14.9. The van der Waals surface area contributed by atoms with E-state index in [9.17, 15) is 0 Å². The summed E-state index contributed by atoms with van der Waals surface area (Å²) in [5, 5.41) is 0. The summed E-state index contributed by atoms with van der Waals surface area (Å²) in [5.74, 6) is 3.74. The molecule has 1 atom stereocenters. The second-order valence-corrected chi connectivity index (χ2v) is 8.71. The molecule has 0 spiro atoms. The molecule has 8 heteroatoms. The lowest BCUT2D eigenvalue weighted by Gasteiger charge is -2.07. The van der Waals surface area contributed by atoms with Crippen molar-refractivity contribution < 1.29 is 0 Å². The smallest absolute Gasteiger partial charge is 0.159 e. The summed E-state index contributed by atoms with van der Waals surface area (Å²) >= 11 is 0. The van der Waals surface area contributed by atoms with Crippen molar-refractivity contribution in [1.82, 2.24) is 39.9 Å². The average molecular weight is 461 g/mol. The summed E-state index contributed by atoms with van der Waals surface area (Å²) in [5.41, 5.74) is 5.90. The Hall–Kier alpha value is -4.46. The van der Waals surface area contributed by atoms with Gasteiger partial charge in [-0.25, -0.2) is 29.9 Å². The standard InChI is InChI=1S/C27H24N8/c1-17(25-34-21-10-8-19(16-23(21)35-25)27-30-13-4-14-31-27)5-2-6-24-32-20-9-7-18(15-22(20)33-24)26-28-11-3-12-29-26/h3-4,7-17H,2,5-6H2,1H3,(H,32,33)(H,34,35). The zero-order valence-electron chi connectivity index (χ0n) is 19.3. The number of benzene rings is 2. The van der Waals surface area contributed by atoms with Crippen LogP contribution in [0.4, 0.5) is 0 Å². The van der Waals surface area contributed by atoms with Crippen LogP contribution in [0.2, 0.25) is 0 Å². The van der Waals surface area contributed by atoms with E-state index in [0.717, 1.165) is 64.1 Å². The summed E-state index contributed by atoms with van der Waals surface area (Å²) in [4.78, 5) is 33.9. The van der Waals surface area contributed by atoms with Crippen LogP contribution in [-0.2, 0) is 6.42 Å². The van der Waals surface area contributed by atoms with E-state index in [4.69, 9.17) is 9.97 Å². The number of aromatic nitrogens is 8. The van der Waals surface area contributed by atoms with Crippen LogP contribution in [-0.4, -0.2) is 39.9 Å². The van der Waals surface area contributed by atoms with Crippen molar-refractivity contribution in [2.24, 2.45) is 0 Å². The van der Waals surface area contributed by atoms with Gasteiger partial charge in [0.05, 0.1) is 22.1 Å². The minimum atomic E-state index is 0.310. The second-order valence-electron chi connectivity index (χ2n) is 8.71. The first-order valence-electron chi connectivity index (χ1n) is 11.8. The van der Waals surface area contributed by atoms with Gasteiger partial charge < -0.3 is 9.97 Å². The van der Waals surface area contributed by atoms with E-state index in [1.54, 1.807) is 24.8 Å². The number of fused-ring (bicyclic) bond motifs is 2. The van der Waals surface area contributed by atoms with Crippen LogP contribution in [0.15, 0.2) is 73.3 Å². The maximum atomic E-state index is 4.81. The molecule has 4 aromatic heterocycles. The molecule has 8 nitrogen and oxygen atoms in total. The Morgan fingerprint density at radius 3 is 1.91 bits per heavy atom. The summed E-state index contributed by atoms with van der Waals surface area (Å²) in [7, 11) is 0. The molecule has 0 bridgehead atoms. The SMILES string of the molecule is CC(CCCc1nc2ccc(-c3ncccn3)cc2[nH]1)c1nc2ccc(-c3ncccn3)cc2[nH]1. The first kappa shape index (κ1) is 21.1. The number of H-pyrrole nitrogens is 2. The number of aryl methyl sites for hydroxylation is 1. The van der Waals surface area contributed by atoms with Gasteiger partial charge in [-0.05, 0) is 61.4 Å². The molecule has 6 rings (SSSR count). The monoisotopic (exact) mass is 460 g/mol. The number of nitrogens with one attached hydrogen (secondary N) is 2. The fourth-order valence-corrected chi connectivity index (χ4v) is 4.33. The lowest BCUT2D eigenvalue weighted by molar-refractivity contribution is 0.603. The Morgan fingerprint density at radius 2 is 1.29 bits per heavy atom. The predicted molar refractivity (Wildman–Crippen MR) is 136 cm³/mol. The van der Waals surface area contributed by atoms with Crippen LogP contribution >= 0.6 is 0 Å². The molecule has 0 saturated heterocycles. The van der Waals surface area contributed by atoms with E-state index < -0.39 is 0 Å². The Balaban J connectivity index is 1.12. The minimum Gasteiger partial charge on any atom is -0.342 e. The minimum absolute atomic E-state index is 0.310. The molecule has 0 saturated carbocycles. The number of rotatable bonds is 7. The van der Waals surface area contributed by atoms with Crippen molar-refractivity contribution in [1.29, 1.82) is 0 Å². The summed E-state index contributed by atoms with van der Waals surface area (Å²) in [6, 6.07) is 15.8. The Morgan fingerprint density at radius 1 is 0.714 bits per heavy atom. The molecular formula is C27H24N8. The van der Waals surface area contributed by atoms with Gasteiger partial charge in [0.1, 0.15) is 11.6 Å². The van der Waals surface area contributed by atoms with E-state index >= 15 is 0 Å². The first-order valence-corrected chi connectivity index (χ1v) is 11.8. The molecule has 6 aromatic rings. The molecule has 35 heavy (non-hydrogen) atoms. The van der Waals surface area contributed by atoms with Gasteiger partial charge in [0.15, 0.2) is 11.6 Å². The maximum Gasteiger partial charge on any atom is 0.159 e. The molecular weight excluding hydrogens is 436 g/mol. The van der Waals surface area contributed by atoms with Crippen molar-refractivity contribution >= 4 is 22.1 Å². The molecule has 0 aliphatic rings. The molecule has 4 heterocycles. The molecule has 0 aliphatic heterocycles.